The maximum Gasteiger partial charge on any atom is 0.134 e. The molecule has 0 aliphatic heterocycles. The third-order valence-corrected chi connectivity index (χ3v) is 2.18. The van der Waals surface area contributed by atoms with E-state index in [9.17, 15) is 0 Å². The van der Waals surface area contributed by atoms with E-state index in [1.807, 2.05) is 0 Å². The Bertz CT molecular complexity index is 294. The van der Waals surface area contributed by atoms with Gasteiger partial charge in [0.05, 0.1) is 5.02 Å². The summed E-state index contributed by atoms with van der Waals surface area (Å²) in [5.41, 5.74) is 12.1. The lowest BCUT2D eigenvalue weighted by molar-refractivity contribution is 0.475. The molecule has 0 saturated heterocycles. The third kappa shape index (κ3) is 3.35. The van der Waals surface area contributed by atoms with E-state index in [-0.39, 0.29) is 24.2 Å². The second-order valence-electron chi connectivity index (χ2n) is 2.89. The van der Waals surface area contributed by atoms with Crippen molar-refractivity contribution in [2.75, 3.05) is 6.54 Å². The smallest absolute Gasteiger partial charge is 0.134 e. The molecule has 0 aliphatic carbocycles. The van der Waals surface area contributed by atoms with Crippen molar-refractivity contribution in [3.05, 3.63) is 28.8 Å². The molecule has 0 heterocycles. The van der Waals surface area contributed by atoms with Crippen molar-refractivity contribution in [1.82, 2.24) is 0 Å². The summed E-state index contributed by atoms with van der Waals surface area (Å²) in [5.74, 6) is 0.0744. The fraction of sp³-hybridized carbons (Fsp3) is 0.333. The highest BCUT2D eigenvalue weighted by Crippen LogP contribution is 2.26. The molecule has 3 nitrogen and oxygen atoms in total. The van der Waals surface area contributed by atoms with Crippen molar-refractivity contribution >= 4 is 24.0 Å². The van der Waals surface area contributed by atoms with E-state index < -0.39 is 0 Å². The van der Waals surface area contributed by atoms with Crippen molar-refractivity contribution < 1.29 is 5.11 Å². The molecule has 0 saturated carbocycles. The number of aromatic hydroxyl groups is 1. The largest absolute Gasteiger partial charge is 0.506 e. The van der Waals surface area contributed by atoms with Gasteiger partial charge in [0, 0.05) is 6.04 Å². The molecule has 0 fully saturated rings. The second kappa shape index (κ2) is 6.09. The van der Waals surface area contributed by atoms with Crippen LogP contribution < -0.4 is 11.5 Å². The Morgan fingerprint density at radius 2 is 2.07 bits per heavy atom. The van der Waals surface area contributed by atoms with E-state index in [0.717, 1.165) is 5.56 Å². The molecule has 0 spiro atoms. The Hall–Kier alpha value is -0.480. The van der Waals surface area contributed by atoms with Crippen molar-refractivity contribution in [1.29, 1.82) is 0 Å². The number of benzene rings is 1. The summed E-state index contributed by atoms with van der Waals surface area (Å²) in [5, 5.41) is 9.48. The zero-order valence-corrected chi connectivity index (χ0v) is 9.18. The van der Waals surface area contributed by atoms with E-state index in [4.69, 9.17) is 28.2 Å². The molecule has 5 heteroatoms. The van der Waals surface area contributed by atoms with Crippen LogP contribution in [0.3, 0.4) is 0 Å². The van der Waals surface area contributed by atoms with Crippen molar-refractivity contribution in [3.8, 4) is 5.75 Å². The lowest BCUT2D eigenvalue weighted by Crippen LogP contribution is -2.15. The highest BCUT2D eigenvalue weighted by Gasteiger charge is 2.06. The molecule has 1 rings (SSSR count). The Morgan fingerprint density at radius 1 is 1.43 bits per heavy atom. The summed E-state index contributed by atoms with van der Waals surface area (Å²) >= 11 is 5.72. The number of nitrogens with two attached hydrogens (primary N) is 2. The SMILES string of the molecule is Cl.NCC[C@H](N)c1ccc(O)c(Cl)c1. The van der Waals surface area contributed by atoms with Crippen molar-refractivity contribution in [3.63, 3.8) is 0 Å². The minimum Gasteiger partial charge on any atom is -0.506 e. The Morgan fingerprint density at radius 3 is 2.57 bits per heavy atom. The van der Waals surface area contributed by atoms with Gasteiger partial charge in [-0.25, -0.2) is 0 Å². The Labute approximate surface area is 94.5 Å². The molecule has 0 aliphatic rings. The maximum absolute atomic E-state index is 9.16. The number of phenolic OH excluding ortho intramolecular Hbond substituents is 1. The van der Waals surface area contributed by atoms with Crippen LogP contribution >= 0.6 is 24.0 Å². The molecular weight excluding hydrogens is 223 g/mol. The average Bonchev–Trinajstić information content (AvgIpc) is 2.10. The minimum absolute atomic E-state index is 0. The standard InChI is InChI=1S/C9H13ClN2O.ClH/c10-7-5-6(1-2-9(7)13)8(12)3-4-11;/h1-2,5,8,13H,3-4,11-12H2;1H/t8-;/m0./s1. The van der Waals surface area contributed by atoms with E-state index in [0.29, 0.717) is 18.0 Å². The van der Waals surface area contributed by atoms with Gasteiger partial charge in [-0.2, -0.15) is 0 Å². The predicted molar refractivity (Wildman–Crippen MR) is 61.0 cm³/mol. The van der Waals surface area contributed by atoms with Crippen LogP contribution in [0.1, 0.15) is 18.0 Å². The van der Waals surface area contributed by atoms with Gasteiger partial charge < -0.3 is 16.6 Å². The quantitative estimate of drug-likeness (QED) is 0.750. The highest BCUT2D eigenvalue weighted by atomic mass is 35.5. The van der Waals surface area contributed by atoms with Crippen molar-refractivity contribution in [2.24, 2.45) is 11.5 Å². The van der Waals surface area contributed by atoms with Crippen LogP contribution in [-0.2, 0) is 0 Å². The highest BCUT2D eigenvalue weighted by molar-refractivity contribution is 6.32. The number of rotatable bonds is 3. The fourth-order valence-corrected chi connectivity index (χ4v) is 1.29. The van der Waals surface area contributed by atoms with Gasteiger partial charge in [-0.15, -0.1) is 12.4 Å². The molecule has 1 aromatic carbocycles. The predicted octanol–water partition coefficient (Wildman–Crippen LogP) is 1.82. The topological polar surface area (TPSA) is 72.3 Å². The lowest BCUT2D eigenvalue weighted by atomic mass is 10.0. The van der Waals surface area contributed by atoms with Crippen LogP contribution in [0, 0.1) is 0 Å². The molecule has 1 aromatic rings. The first-order valence-electron chi connectivity index (χ1n) is 4.09. The van der Waals surface area contributed by atoms with Crippen LogP contribution in [0.4, 0.5) is 0 Å². The van der Waals surface area contributed by atoms with Crippen LogP contribution in [0.2, 0.25) is 5.02 Å². The summed E-state index contributed by atoms with van der Waals surface area (Å²) in [6, 6.07) is 4.84. The van der Waals surface area contributed by atoms with Gasteiger partial charge in [-0.05, 0) is 30.7 Å². The second-order valence-corrected chi connectivity index (χ2v) is 3.30. The third-order valence-electron chi connectivity index (χ3n) is 1.88. The Balaban J connectivity index is 0.00000169. The van der Waals surface area contributed by atoms with Gasteiger partial charge in [0.1, 0.15) is 5.75 Å². The molecular formula is C9H14Cl2N2O. The van der Waals surface area contributed by atoms with Gasteiger partial charge in [-0.1, -0.05) is 17.7 Å². The van der Waals surface area contributed by atoms with Gasteiger partial charge >= 0.3 is 0 Å². The number of hydrogen-bond donors (Lipinski definition) is 3. The molecule has 1 atom stereocenters. The van der Waals surface area contributed by atoms with E-state index in [1.165, 1.54) is 6.07 Å². The van der Waals surface area contributed by atoms with Gasteiger partial charge in [0.2, 0.25) is 0 Å². The molecule has 0 radical (unpaired) electrons. The first-order chi connectivity index (χ1) is 6.15. The summed E-state index contributed by atoms with van der Waals surface area (Å²) in [4.78, 5) is 0. The first-order valence-corrected chi connectivity index (χ1v) is 4.47. The molecule has 80 valence electrons. The lowest BCUT2D eigenvalue weighted by Gasteiger charge is -2.10. The zero-order valence-electron chi connectivity index (χ0n) is 7.61. The maximum atomic E-state index is 9.16. The van der Waals surface area contributed by atoms with Crippen molar-refractivity contribution in [2.45, 2.75) is 12.5 Å². The molecule has 0 aromatic heterocycles. The summed E-state index contributed by atoms with van der Waals surface area (Å²) in [6.45, 7) is 0.541. The monoisotopic (exact) mass is 236 g/mol. The molecule has 0 amide bonds. The summed E-state index contributed by atoms with van der Waals surface area (Å²) in [6.07, 6.45) is 0.709. The average molecular weight is 237 g/mol. The molecule has 14 heavy (non-hydrogen) atoms. The fourth-order valence-electron chi connectivity index (χ4n) is 1.10. The first kappa shape index (κ1) is 13.5. The molecule has 0 unspecified atom stereocenters. The van der Waals surface area contributed by atoms with Gasteiger partial charge in [-0.3, -0.25) is 0 Å². The van der Waals surface area contributed by atoms with Gasteiger partial charge in [0.15, 0.2) is 0 Å². The normalized spacial score (nSPS) is 11.9. The zero-order chi connectivity index (χ0) is 9.84. The van der Waals surface area contributed by atoms with Crippen LogP contribution in [-0.4, -0.2) is 11.7 Å². The van der Waals surface area contributed by atoms with E-state index >= 15 is 0 Å². The number of halogens is 2. The van der Waals surface area contributed by atoms with E-state index in [2.05, 4.69) is 0 Å². The summed E-state index contributed by atoms with van der Waals surface area (Å²) < 4.78 is 0. The van der Waals surface area contributed by atoms with Crippen LogP contribution in [0.15, 0.2) is 18.2 Å². The molecule has 0 bridgehead atoms. The Kier molecular flexibility index (Phi) is 5.88. The number of phenols is 1. The van der Waals surface area contributed by atoms with Gasteiger partial charge in [0.25, 0.3) is 0 Å². The minimum atomic E-state index is -0.108. The van der Waals surface area contributed by atoms with Crippen LogP contribution in [0.25, 0.3) is 0 Å². The van der Waals surface area contributed by atoms with E-state index in [1.54, 1.807) is 12.1 Å². The number of hydrogen-bond acceptors (Lipinski definition) is 3. The molecule has 5 N–H and O–H groups in total. The summed E-state index contributed by atoms with van der Waals surface area (Å²) in [7, 11) is 0. The van der Waals surface area contributed by atoms with Crippen LogP contribution in [0.5, 0.6) is 5.75 Å².